The Morgan fingerprint density at radius 2 is 2.11 bits per heavy atom. The maximum absolute atomic E-state index is 12.2. The average molecular weight is 273 g/mol. The van der Waals surface area contributed by atoms with Crippen LogP contribution in [0.4, 0.5) is 13.2 Å². The lowest BCUT2D eigenvalue weighted by Gasteiger charge is -2.15. The Bertz CT molecular complexity index is 532. The van der Waals surface area contributed by atoms with Crippen LogP contribution in [-0.2, 0) is 17.6 Å². The number of rotatable bonds is 4. The Kier molecular flexibility index (Phi) is 4.38. The number of carboxylic acid groups (broad SMARTS) is 1. The van der Waals surface area contributed by atoms with Gasteiger partial charge in [0.2, 0.25) is 0 Å². The van der Waals surface area contributed by atoms with E-state index in [2.05, 4.69) is 4.74 Å². The summed E-state index contributed by atoms with van der Waals surface area (Å²) < 4.78 is 40.4. The summed E-state index contributed by atoms with van der Waals surface area (Å²) in [5, 5.41) is 17.7. The van der Waals surface area contributed by atoms with Crippen LogP contribution in [-0.4, -0.2) is 17.4 Å². The normalized spacial score (nSPS) is 10.9. The molecule has 0 unspecified atom stereocenters. The van der Waals surface area contributed by atoms with Gasteiger partial charge in [-0.15, -0.1) is 13.2 Å². The Morgan fingerprint density at radius 1 is 1.47 bits per heavy atom. The fourth-order valence-corrected chi connectivity index (χ4v) is 1.70. The van der Waals surface area contributed by atoms with Crippen molar-refractivity contribution in [1.82, 2.24) is 0 Å². The van der Waals surface area contributed by atoms with Gasteiger partial charge in [-0.1, -0.05) is 13.0 Å². The quantitative estimate of drug-likeness (QED) is 0.915. The second kappa shape index (κ2) is 5.61. The van der Waals surface area contributed by atoms with E-state index < -0.39 is 24.5 Å². The van der Waals surface area contributed by atoms with Crippen molar-refractivity contribution in [2.75, 3.05) is 0 Å². The summed E-state index contributed by atoms with van der Waals surface area (Å²) in [7, 11) is 0. The number of nitrogens with zero attached hydrogens (tertiary/aromatic N) is 1. The van der Waals surface area contributed by atoms with Gasteiger partial charge in [0.05, 0.1) is 18.1 Å². The maximum atomic E-state index is 12.2. The second-order valence-electron chi connectivity index (χ2n) is 3.66. The smallest absolute Gasteiger partial charge is 0.481 e. The topological polar surface area (TPSA) is 70.3 Å². The molecule has 19 heavy (non-hydrogen) atoms. The van der Waals surface area contributed by atoms with Crippen molar-refractivity contribution < 1.29 is 27.8 Å². The van der Waals surface area contributed by atoms with Gasteiger partial charge in [0.15, 0.2) is 0 Å². The molecule has 0 fully saturated rings. The highest BCUT2D eigenvalue weighted by atomic mass is 19.4. The van der Waals surface area contributed by atoms with Crippen molar-refractivity contribution in [2.24, 2.45) is 0 Å². The third-order valence-electron chi connectivity index (χ3n) is 2.39. The van der Waals surface area contributed by atoms with E-state index in [-0.39, 0.29) is 23.1 Å². The Hall–Kier alpha value is -2.23. The zero-order chi connectivity index (χ0) is 14.6. The number of hydrogen-bond acceptors (Lipinski definition) is 3. The third kappa shape index (κ3) is 3.88. The van der Waals surface area contributed by atoms with Crippen molar-refractivity contribution in [2.45, 2.75) is 26.1 Å². The molecule has 1 aromatic carbocycles. The van der Waals surface area contributed by atoms with Crippen LogP contribution in [0.15, 0.2) is 12.1 Å². The van der Waals surface area contributed by atoms with Crippen LogP contribution < -0.4 is 4.74 Å². The molecule has 1 aromatic rings. The van der Waals surface area contributed by atoms with E-state index in [1.807, 2.05) is 0 Å². The van der Waals surface area contributed by atoms with Gasteiger partial charge in [-0.05, 0) is 18.1 Å². The molecule has 0 spiro atoms. The fraction of sp³-hybridized carbons (Fsp3) is 0.333. The van der Waals surface area contributed by atoms with E-state index in [1.54, 1.807) is 13.0 Å². The molecule has 0 aliphatic carbocycles. The highest BCUT2D eigenvalue weighted by Crippen LogP contribution is 2.30. The van der Waals surface area contributed by atoms with Crippen LogP contribution in [0.2, 0.25) is 0 Å². The van der Waals surface area contributed by atoms with Crippen molar-refractivity contribution in [3.05, 3.63) is 28.8 Å². The molecule has 0 atom stereocenters. The van der Waals surface area contributed by atoms with Crippen LogP contribution in [0.3, 0.4) is 0 Å². The number of alkyl halides is 3. The van der Waals surface area contributed by atoms with Crippen LogP contribution in [0.5, 0.6) is 5.75 Å². The molecule has 4 nitrogen and oxygen atoms in total. The summed E-state index contributed by atoms with van der Waals surface area (Å²) in [6.07, 6.45) is -5.16. The van der Waals surface area contributed by atoms with Gasteiger partial charge in [0, 0.05) is 5.56 Å². The molecule has 102 valence electrons. The van der Waals surface area contributed by atoms with Crippen LogP contribution >= 0.6 is 0 Å². The number of nitriles is 1. The van der Waals surface area contributed by atoms with Gasteiger partial charge in [0.25, 0.3) is 0 Å². The summed E-state index contributed by atoms with van der Waals surface area (Å²) >= 11 is 0. The lowest BCUT2D eigenvalue weighted by molar-refractivity contribution is -0.274. The minimum Gasteiger partial charge on any atom is -0.481 e. The Morgan fingerprint density at radius 3 is 2.53 bits per heavy atom. The first-order valence-corrected chi connectivity index (χ1v) is 5.30. The highest BCUT2D eigenvalue weighted by Gasteiger charge is 2.32. The molecular weight excluding hydrogens is 263 g/mol. The SMILES string of the molecule is CCc1c(OC(F)(F)F)ccc(CC(=O)O)c1C#N. The fourth-order valence-electron chi connectivity index (χ4n) is 1.70. The van der Waals surface area contributed by atoms with Gasteiger partial charge < -0.3 is 9.84 Å². The summed E-state index contributed by atoms with van der Waals surface area (Å²) in [5.41, 5.74) is 0.145. The average Bonchev–Trinajstić information content (AvgIpc) is 2.27. The van der Waals surface area contributed by atoms with Crippen molar-refractivity contribution in [3.63, 3.8) is 0 Å². The molecular formula is C12H10F3NO3. The van der Waals surface area contributed by atoms with Gasteiger partial charge in [-0.3, -0.25) is 4.79 Å². The molecule has 0 bridgehead atoms. The largest absolute Gasteiger partial charge is 0.573 e. The minimum absolute atomic E-state index is 0.0542. The van der Waals surface area contributed by atoms with Crippen molar-refractivity contribution >= 4 is 5.97 Å². The first-order valence-electron chi connectivity index (χ1n) is 5.30. The van der Waals surface area contributed by atoms with Crippen molar-refractivity contribution in [1.29, 1.82) is 5.26 Å². The first kappa shape index (κ1) is 14.8. The molecule has 1 rings (SSSR count). The number of hydrogen-bond donors (Lipinski definition) is 1. The lowest BCUT2D eigenvalue weighted by atomic mass is 9.97. The molecule has 0 aromatic heterocycles. The van der Waals surface area contributed by atoms with E-state index in [1.165, 1.54) is 0 Å². The Balaban J connectivity index is 3.31. The Labute approximate surface area is 107 Å². The zero-order valence-electron chi connectivity index (χ0n) is 9.91. The predicted octanol–water partition coefficient (Wildman–Crippen LogP) is 2.65. The van der Waals surface area contributed by atoms with Crippen molar-refractivity contribution in [3.8, 4) is 11.8 Å². The zero-order valence-corrected chi connectivity index (χ0v) is 9.91. The number of carbonyl (C=O) groups is 1. The number of aliphatic carboxylic acids is 1. The van der Waals surface area contributed by atoms with Gasteiger partial charge in [-0.25, -0.2) is 0 Å². The molecule has 7 heteroatoms. The molecule has 0 aliphatic heterocycles. The monoisotopic (exact) mass is 273 g/mol. The first-order chi connectivity index (χ1) is 8.78. The summed E-state index contributed by atoms with van der Waals surface area (Å²) in [6.45, 7) is 1.56. The van der Waals surface area contributed by atoms with Crippen LogP contribution in [0, 0.1) is 11.3 Å². The van der Waals surface area contributed by atoms with E-state index >= 15 is 0 Å². The number of halogens is 3. The third-order valence-corrected chi connectivity index (χ3v) is 2.39. The van der Waals surface area contributed by atoms with E-state index in [4.69, 9.17) is 10.4 Å². The predicted molar refractivity (Wildman–Crippen MR) is 58.6 cm³/mol. The van der Waals surface area contributed by atoms with Crippen LogP contribution in [0.1, 0.15) is 23.6 Å². The van der Waals surface area contributed by atoms with Gasteiger partial charge in [0.1, 0.15) is 5.75 Å². The summed E-state index contributed by atoms with van der Waals surface area (Å²) in [5.74, 6) is -1.64. The minimum atomic E-state index is -4.86. The van der Waals surface area contributed by atoms with Crippen LogP contribution in [0.25, 0.3) is 0 Å². The summed E-state index contributed by atoms with van der Waals surface area (Å²) in [4.78, 5) is 10.6. The molecule has 1 N–H and O–H groups in total. The van der Waals surface area contributed by atoms with Gasteiger partial charge >= 0.3 is 12.3 Å². The van der Waals surface area contributed by atoms with Gasteiger partial charge in [-0.2, -0.15) is 5.26 Å². The molecule has 0 heterocycles. The number of carboxylic acids is 1. The van der Waals surface area contributed by atoms with E-state index in [0.717, 1.165) is 12.1 Å². The van der Waals surface area contributed by atoms with E-state index in [0.29, 0.717) is 0 Å². The lowest BCUT2D eigenvalue weighted by Crippen LogP contribution is -2.19. The molecule has 0 saturated carbocycles. The number of ether oxygens (including phenoxy) is 1. The molecule has 0 amide bonds. The molecule has 0 aliphatic rings. The summed E-state index contributed by atoms with van der Waals surface area (Å²) in [6, 6.07) is 3.93. The molecule has 0 radical (unpaired) electrons. The number of benzene rings is 1. The van der Waals surface area contributed by atoms with E-state index in [9.17, 15) is 18.0 Å². The standard InChI is InChI=1S/C12H10F3NO3/c1-2-8-9(6-16)7(5-11(17)18)3-4-10(8)19-12(13,14)15/h3-4H,2,5H2,1H3,(H,17,18). The maximum Gasteiger partial charge on any atom is 0.573 e. The molecule has 0 saturated heterocycles. The second-order valence-corrected chi connectivity index (χ2v) is 3.66. The highest BCUT2D eigenvalue weighted by molar-refractivity contribution is 5.72.